The lowest BCUT2D eigenvalue weighted by Gasteiger charge is -2.28. The highest BCUT2D eigenvalue weighted by Gasteiger charge is 2.16. The van der Waals surface area contributed by atoms with Crippen molar-refractivity contribution in [2.75, 3.05) is 26.8 Å². The van der Waals surface area contributed by atoms with Crippen LogP contribution in [0.5, 0.6) is 0 Å². The lowest BCUT2D eigenvalue weighted by atomic mass is 9.95. The van der Waals surface area contributed by atoms with Crippen LogP contribution in [0.4, 0.5) is 0 Å². The first-order chi connectivity index (χ1) is 18.1. The highest BCUT2D eigenvalue weighted by atomic mass is 16.5. The summed E-state index contributed by atoms with van der Waals surface area (Å²) in [5, 5.41) is 9.07. The Hall–Kier alpha value is -0.940. The molecular formula is C32H63NO4. The van der Waals surface area contributed by atoms with Gasteiger partial charge in [-0.2, -0.15) is 0 Å². The summed E-state index contributed by atoms with van der Waals surface area (Å²) in [6.07, 6.45) is 25.5. The smallest absolute Gasteiger partial charge is 0.305 e. The van der Waals surface area contributed by atoms with Gasteiger partial charge >= 0.3 is 5.97 Å². The first-order valence-electron chi connectivity index (χ1n) is 16.0. The van der Waals surface area contributed by atoms with Crippen LogP contribution in [-0.4, -0.2) is 55.1 Å². The van der Waals surface area contributed by atoms with Gasteiger partial charge in [0, 0.05) is 25.5 Å². The van der Waals surface area contributed by atoms with Crippen molar-refractivity contribution in [3.63, 3.8) is 0 Å². The molecule has 0 rings (SSSR count). The molecule has 0 aromatic carbocycles. The maximum Gasteiger partial charge on any atom is 0.305 e. The molecule has 0 saturated carbocycles. The van der Waals surface area contributed by atoms with E-state index < -0.39 is 0 Å². The molecule has 0 saturated heterocycles. The third-order valence-electron chi connectivity index (χ3n) is 7.73. The van der Waals surface area contributed by atoms with Crippen molar-refractivity contribution in [2.24, 2.45) is 5.92 Å². The van der Waals surface area contributed by atoms with E-state index in [9.17, 15) is 9.59 Å². The largest absolute Gasteiger partial charge is 0.465 e. The summed E-state index contributed by atoms with van der Waals surface area (Å²) < 4.78 is 5.76. The molecule has 5 heteroatoms. The van der Waals surface area contributed by atoms with E-state index in [0.29, 0.717) is 31.4 Å². The van der Waals surface area contributed by atoms with Crippen LogP contribution in [0.2, 0.25) is 0 Å². The van der Waals surface area contributed by atoms with Crippen LogP contribution in [0.25, 0.3) is 0 Å². The summed E-state index contributed by atoms with van der Waals surface area (Å²) in [6.45, 7) is 6.35. The number of carbonyl (C=O) groups excluding carboxylic acids is 2. The minimum absolute atomic E-state index is 0.0275. The van der Waals surface area contributed by atoms with Gasteiger partial charge < -0.3 is 19.5 Å². The topological polar surface area (TPSA) is 66.8 Å². The molecule has 0 radical (unpaired) electrons. The Kier molecular flexibility index (Phi) is 27.4. The van der Waals surface area contributed by atoms with Gasteiger partial charge in [0.25, 0.3) is 0 Å². The molecule has 0 fully saturated rings. The van der Waals surface area contributed by atoms with Crippen LogP contribution < -0.4 is 0 Å². The third kappa shape index (κ3) is 23.9. The van der Waals surface area contributed by atoms with Crippen LogP contribution >= 0.6 is 0 Å². The minimum atomic E-state index is -0.0275. The average molecular weight is 526 g/mol. The number of hydrogen-bond acceptors (Lipinski definition) is 5. The number of ether oxygens (including phenoxy) is 1. The quantitative estimate of drug-likeness (QED) is 0.0605. The second-order valence-electron chi connectivity index (χ2n) is 11.2. The second kappa shape index (κ2) is 28.1. The fourth-order valence-electron chi connectivity index (χ4n) is 5.16. The second-order valence-corrected chi connectivity index (χ2v) is 11.2. The van der Waals surface area contributed by atoms with Crippen LogP contribution in [0.1, 0.15) is 155 Å². The Morgan fingerprint density at radius 1 is 0.757 bits per heavy atom. The van der Waals surface area contributed by atoms with Gasteiger partial charge in [0.15, 0.2) is 0 Å². The van der Waals surface area contributed by atoms with Crippen molar-refractivity contribution in [3.8, 4) is 0 Å². The van der Waals surface area contributed by atoms with Gasteiger partial charge in [-0.25, -0.2) is 0 Å². The summed E-state index contributed by atoms with van der Waals surface area (Å²) in [5.74, 6) is 0.496. The monoisotopic (exact) mass is 525 g/mol. The van der Waals surface area contributed by atoms with E-state index in [0.717, 1.165) is 64.2 Å². The zero-order valence-electron chi connectivity index (χ0n) is 25.0. The first kappa shape index (κ1) is 36.1. The van der Waals surface area contributed by atoms with Crippen molar-refractivity contribution >= 4 is 12.3 Å². The van der Waals surface area contributed by atoms with E-state index in [1.54, 1.807) is 0 Å². The van der Waals surface area contributed by atoms with E-state index >= 15 is 0 Å². The molecule has 0 spiro atoms. The summed E-state index contributed by atoms with van der Waals surface area (Å²) >= 11 is 0. The molecule has 0 aliphatic carbocycles. The number of aldehydes is 1. The summed E-state index contributed by atoms with van der Waals surface area (Å²) in [7, 11) is 2.17. The van der Waals surface area contributed by atoms with E-state index in [1.165, 1.54) is 77.0 Å². The van der Waals surface area contributed by atoms with Gasteiger partial charge in [-0.15, -0.1) is 0 Å². The molecule has 220 valence electrons. The number of aliphatic hydroxyl groups is 1. The van der Waals surface area contributed by atoms with Gasteiger partial charge in [-0.1, -0.05) is 90.9 Å². The van der Waals surface area contributed by atoms with Crippen LogP contribution in [-0.2, 0) is 14.3 Å². The first-order valence-corrected chi connectivity index (χ1v) is 16.0. The van der Waals surface area contributed by atoms with Crippen molar-refractivity contribution in [1.29, 1.82) is 0 Å². The fraction of sp³-hybridized carbons (Fsp3) is 0.938. The number of aliphatic hydroxyl groups excluding tert-OH is 1. The normalized spacial score (nSPS) is 13.1. The van der Waals surface area contributed by atoms with Crippen molar-refractivity contribution in [1.82, 2.24) is 4.90 Å². The zero-order chi connectivity index (χ0) is 27.4. The highest BCUT2D eigenvalue weighted by molar-refractivity contribution is 5.69. The van der Waals surface area contributed by atoms with E-state index in [-0.39, 0.29) is 12.6 Å². The van der Waals surface area contributed by atoms with Crippen LogP contribution in [0.3, 0.4) is 0 Å². The lowest BCUT2D eigenvalue weighted by molar-refractivity contribution is -0.145. The van der Waals surface area contributed by atoms with Gasteiger partial charge in [-0.05, 0) is 70.9 Å². The summed E-state index contributed by atoms with van der Waals surface area (Å²) in [4.78, 5) is 25.5. The molecule has 0 aliphatic heterocycles. The van der Waals surface area contributed by atoms with Gasteiger partial charge in [0.05, 0.1) is 6.61 Å². The third-order valence-corrected chi connectivity index (χ3v) is 7.73. The molecule has 1 N–H and O–H groups in total. The standard InChI is InChI=1S/C32H63NO4/c1-4-6-8-10-11-14-22-30(21-13-9-7-5-2)29-37-32(36)25-17-16-24-31(23-15-12-19-27-34)33(3)26-18-20-28-35/h27,30-31,35H,4-26,28-29H2,1-3H3. The van der Waals surface area contributed by atoms with Crippen molar-refractivity contribution in [3.05, 3.63) is 0 Å². The number of rotatable bonds is 29. The van der Waals surface area contributed by atoms with E-state index in [2.05, 4.69) is 25.8 Å². The molecule has 0 heterocycles. The fourth-order valence-corrected chi connectivity index (χ4v) is 5.16. The average Bonchev–Trinajstić information content (AvgIpc) is 2.90. The van der Waals surface area contributed by atoms with Crippen LogP contribution in [0, 0.1) is 5.92 Å². The van der Waals surface area contributed by atoms with Crippen molar-refractivity contribution in [2.45, 2.75) is 161 Å². The van der Waals surface area contributed by atoms with E-state index in [1.807, 2.05) is 0 Å². The minimum Gasteiger partial charge on any atom is -0.465 e. The predicted octanol–water partition coefficient (Wildman–Crippen LogP) is 8.26. The Labute approximate surface area is 230 Å². The Balaban J connectivity index is 4.35. The molecule has 2 atom stereocenters. The summed E-state index contributed by atoms with van der Waals surface area (Å²) in [5.41, 5.74) is 0. The molecule has 0 aliphatic rings. The predicted molar refractivity (Wildman–Crippen MR) is 157 cm³/mol. The molecule has 37 heavy (non-hydrogen) atoms. The maximum atomic E-state index is 12.5. The Bertz CT molecular complexity index is 499. The number of carbonyl (C=O) groups is 2. The Morgan fingerprint density at radius 3 is 1.95 bits per heavy atom. The van der Waals surface area contributed by atoms with Crippen LogP contribution in [0.15, 0.2) is 0 Å². The number of unbranched alkanes of at least 4 members (excludes halogenated alkanes) is 12. The van der Waals surface area contributed by atoms with Crippen molar-refractivity contribution < 1.29 is 19.4 Å². The molecule has 2 unspecified atom stereocenters. The molecule has 5 nitrogen and oxygen atoms in total. The maximum absolute atomic E-state index is 12.5. The lowest BCUT2D eigenvalue weighted by Crippen LogP contribution is -2.32. The molecule has 0 aromatic heterocycles. The number of esters is 1. The van der Waals surface area contributed by atoms with Gasteiger partial charge in [0.2, 0.25) is 0 Å². The van der Waals surface area contributed by atoms with Gasteiger partial charge in [0.1, 0.15) is 6.29 Å². The molecular weight excluding hydrogens is 462 g/mol. The zero-order valence-corrected chi connectivity index (χ0v) is 25.0. The molecule has 0 bridgehead atoms. The Morgan fingerprint density at radius 2 is 1.32 bits per heavy atom. The SMILES string of the molecule is CCCCCCCCC(CCCCCC)COC(=O)CCCCC(CCCCC=O)N(C)CCCCO. The van der Waals surface area contributed by atoms with Gasteiger partial charge in [-0.3, -0.25) is 4.79 Å². The number of nitrogens with zero attached hydrogens (tertiary/aromatic N) is 1. The summed E-state index contributed by atoms with van der Waals surface area (Å²) in [6, 6.07) is 0.478. The molecule has 0 aromatic rings. The van der Waals surface area contributed by atoms with E-state index in [4.69, 9.17) is 9.84 Å². The highest BCUT2D eigenvalue weighted by Crippen LogP contribution is 2.20. The molecule has 0 amide bonds. The number of hydrogen-bond donors (Lipinski definition) is 1.